The molecule has 2 atom stereocenters. The molecule has 2 rings (SSSR count). The van der Waals surface area contributed by atoms with E-state index in [4.69, 9.17) is 4.74 Å². The first-order valence-corrected chi connectivity index (χ1v) is 6.66. The summed E-state index contributed by atoms with van der Waals surface area (Å²) in [4.78, 5) is 15.2. The number of benzene rings is 1. The summed E-state index contributed by atoms with van der Waals surface area (Å²) in [5, 5.41) is 0. The highest BCUT2D eigenvalue weighted by Gasteiger charge is 2.27. The third-order valence-corrected chi connectivity index (χ3v) is 3.44. The Morgan fingerprint density at radius 3 is 2.56 bits per heavy atom. The van der Waals surface area contributed by atoms with Gasteiger partial charge in [0, 0.05) is 23.5 Å². The van der Waals surface area contributed by atoms with Crippen LogP contribution in [0.2, 0.25) is 0 Å². The van der Waals surface area contributed by atoms with E-state index in [9.17, 15) is 4.79 Å². The van der Waals surface area contributed by atoms with Gasteiger partial charge in [0.25, 0.3) is 5.91 Å². The van der Waals surface area contributed by atoms with Gasteiger partial charge in [-0.3, -0.25) is 4.79 Å². The van der Waals surface area contributed by atoms with E-state index >= 15 is 0 Å². The molecule has 98 valence electrons. The number of hydrogen-bond donors (Lipinski definition) is 1. The lowest BCUT2D eigenvalue weighted by Crippen LogP contribution is -2.48. The standard InChI is InChI=1S/C14H19NO2S/c1-9-4-5-12(18)6-13(9)14(16)15-7-10(2)17-11(3)8-15/h4-6,10-11,18H,7-8H2,1-3H3. The largest absolute Gasteiger partial charge is 0.372 e. The molecule has 0 N–H and O–H groups in total. The maximum absolute atomic E-state index is 12.5. The lowest BCUT2D eigenvalue weighted by Gasteiger charge is -2.35. The summed E-state index contributed by atoms with van der Waals surface area (Å²) in [6.45, 7) is 7.25. The molecule has 0 aliphatic carbocycles. The molecule has 1 aliphatic rings. The van der Waals surface area contributed by atoms with E-state index in [1.807, 2.05) is 43.9 Å². The minimum absolute atomic E-state index is 0.0744. The number of nitrogens with zero attached hydrogens (tertiary/aromatic N) is 1. The van der Waals surface area contributed by atoms with Crippen LogP contribution in [-0.4, -0.2) is 36.1 Å². The molecule has 1 fully saturated rings. The smallest absolute Gasteiger partial charge is 0.254 e. The Kier molecular flexibility index (Phi) is 3.97. The highest BCUT2D eigenvalue weighted by molar-refractivity contribution is 7.80. The van der Waals surface area contributed by atoms with Crippen LogP contribution < -0.4 is 0 Å². The van der Waals surface area contributed by atoms with Gasteiger partial charge in [-0.05, 0) is 38.5 Å². The van der Waals surface area contributed by atoms with Crippen LogP contribution in [0.3, 0.4) is 0 Å². The Balaban J connectivity index is 2.22. The van der Waals surface area contributed by atoms with Crippen molar-refractivity contribution in [2.75, 3.05) is 13.1 Å². The van der Waals surface area contributed by atoms with Crippen molar-refractivity contribution in [3.8, 4) is 0 Å². The average Bonchev–Trinajstić information content (AvgIpc) is 2.30. The van der Waals surface area contributed by atoms with Gasteiger partial charge < -0.3 is 9.64 Å². The van der Waals surface area contributed by atoms with Crippen molar-refractivity contribution in [1.29, 1.82) is 0 Å². The van der Waals surface area contributed by atoms with Crippen LogP contribution in [0.25, 0.3) is 0 Å². The zero-order valence-electron chi connectivity index (χ0n) is 11.0. The number of carbonyl (C=O) groups is 1. The first-order valence-electron chi connectivity index (χ1n) is 6.21. The van der Waals surface area contributed by atoms with Gasteiger partial charge >= 0.3 is 0 Å². The maximum Gasteiger partial charge on any atom is 0.254 e. The number of rotatable bonds is 1. The van der Waals surface area contributed by atoms with Crippen LogP contribution in [0, 0.1) is 6.92 Å². The minimum atomic E-state index is 0.0744. The van der Waals surface area contributed by atoms with Crippen LogP contribution >= 0.6 is 12.6 Å². The van der Waals surface area contributed by atoms with Crippen LogP contribution in [-0.2, 0) is 4.74 Å². The molecule has 2 unspecified atom stereocenters. The van der Waals surface area contributed by atoms with Crippen molar-refractivity contribution >= 4 is 18.5 Å². The molecule has 18 heavy (non-hydrogen) atoms. The molecule has 4 heteroatoms. The van der Waals surface area contributed by atoms with Crippen LogP contribution in [0.15, 0.2) is 23.1 Å². The van der Waals surface area contributed by atoms with Crippen molar-refractivity contribution < 1.29 is 9.53 Å². The third kappa shape index (κ3) is 2.87. The average molecular weight is 265 g/mol. The summed E-state index contributed by atoms with van der Waals surface area (Å²) < 4.78 is 5.65. The first-order chi connectivity index (χ1) is 8.47. The molecular formula is C14H19NO2S. The van der Waals surface area contributed by atoms with E-state index < -0.39 is 0 Å². The molecule has 0 radical (unpaired) electrons. The highest BCUT2D eigenvalue weighted by Crippen LogP contribution is 2.19. The minimum Gasteiger partial charge on any atom is -0.372 e. The molecular weight excluding hydrogens is 246 g/mol. The topological polar surface area (TPSA) is 29.5 Å². The zero-order chi connectivity index (χ0) is 13.3. The van der Waals surface area contributed by atoms with Crippen molar-refractivity contribution in [2.45, 2.75) is 37.9 Å². The Labute approximate surface area is 114 Å². The molecule has 0 saturated carbocycles. The second kappa shape index (κ2) is 5.33. The fraction of sp³-hybridized carbons (Fsp3) is 0.500. The first kappa shape index (κ1) is 13.4. The molecule has 1 amide bonds. The van der Waals surface area contributed by atoms with Crippen molar-refractivity contribution in [3.63, 3.8) is 0 Å². The molecule has 0 aromatic heterocycles. The molecule has 1 aromatic carbocycles. The van der Waals surface area contributed by atoms with Gasteiger partial charge in [0.15, 0.2) is 0 Å². The maximum atomic E-state index is 12.5. The zero-order valence-corrected chi connectivity index (χ0v) is 11.9. The summed E-state index contributed by atoms with van der Waals surface area (Å²) in [7, 11) is 0. The summed E-state index contributed by atoms with van der Waals surface area (Å²) in [6, 6.07) is 5.67. The molecule has 0 spiro atoms. The van der Waals surface area contributed by atoms with Gasteiger partial charge in [-0.1, -0.05) is 6.07 Å². The lowest BCUT2D eigenvalue weighted by molar-refractivity contribution is -0.0586. The SMILES string of the molecule is Cc1ccc(S)cc1C(=O)N1CC(C)OC(C)C1. The summed E-state index contributed by atoms with van der Waals surface area (Å²) in [5.74, 6) is 0.0744. The fourth-order valence-corrected chi connectivity index (χ4v) is 2.56. The number of carbonyl (C=O) groups excluding carboxylic acids is 1. The van der Waals surface area contributed by atoms with Gasteiger partial charge in [0.05, 0.1) is 12.2 Å². The molecule has 0 bridgehead atoms. The number of hydrogen-bond acceptors (Lipinski definition) is 3. The van der Waals surface area contributed by atoms with Crippen molar-refractivity contribution in [1.82, 2.24) is 4.90 Å². The Morgan fingerprint density at radius 1 is 1.33 bits per heavy atom. The Morgan fingerprint density at radius 2 is 1.94 bits per heavy atom. The van der Waals surface area contributed by atoms with E-state index in [-0.39, 0.29) is 18.1 Å². The highest BCUT2D eigenvalue weighted by atomic mass is 32.1. The van der Waals surface area contributed by atoms with Gasteiger partial charge in [-0.2, -0.15) is 0 Å². The number of amides is 1. The van der Waals surface area contributed by atoms with Gasteiger partial charge in [0.2, 0.25) is 0 Å². The number of thiol groups is 1. The van der Waals surface area contributed by atoms with Gasteiger partial charge in [0.1, 0.15) is 0 Å². The number of ether oxygens (including phenoxy) is 1. The Bertz CT molecular complexity index is 451. The van der Waals surface area contributed by atoms with E-state index in [2.05, 4.69) is 12.6 Å². The number of morpholine rings is 1. The normalized spacial score (nSPS) is 24.1. The number of aryl methyl sites for hydroxylation is 1. The monoisotopic (exact) mass is 265 g/mol. The molecule has 1 aromatic rings. The lowest BCUT2D eigenvalue weighted by atomic mass is 10.1. The summed E-state index contributed by atoms with van der Waals surface area (Å²) in [6.07, 6.45) is 0.189. The quantitative estimate of drug-likeness (QED) is 0.791. The predicted molar refractivity (Wildman–Crippen MR) is 74.3 cm³/mol. The van der Waals surface area contributed by atoms with Crippen LogP contribution in [0.4, 0.5) is 0 Å². The molecule has 3 nitrogen and oxygen atoms in total. The van der Waals surface area contributed by atoms with Gasteiger partial charge in [-0.25, -0.2) is 0 Å². The van der Waals surface area contributed by atoms with E-state index in [0.29, 0.717) is 13.1 Å². The van der Waals surface area contributed by atoms with Gasteiger partial charge in [-0.15, -0.1) is 12.6 Å². The van der Waals surface area contributed by atoms with Crippen molar-refractivity contribution in [3.05, 3.63) is 29.3 Å². The van der Waals surface area contributed by atoms with Crippen LogP contribution in [0.5, 0.6) is 0 Å². The van der Waals surface area contributed by atoms with E-state index in [1.54, 1.807) is 0 Å². The second-order valence-electron chi connectivity index (χ2n) is 4.97. The summed E-state index contributed by atoms with van der Waals surface area (Å²) in [5.41, 5.74) is 1.73. The molecule has 1 aliphatic heterocycles. The third-order valence-electron chi connectivity index (χ3n) is 3.16. The molecule has 1 saturated heterocycles. The fourth-order valence-electron chi connectivity index (χ4n) is 2.35. The second-order valence-corrected chi connectivity index (χ2v) is 5.48. The van der Waals surface area contributed by atoms with E-state index in [0.717, 1.165) is 16.0 Å². The Hall–Kier alpha value is -1.00. The molecule has 1 heterocycles. The van der Waals surface area contributed by atoms with Crippen LogP contribution in [0.1, 0.15) is 29.8 Å². The van der Waals surface area contributed by atoms with E-state index in [1.165, 1.54) is 0 Å². The summed E-state index contributed by atoms with van der Waals surface area (Å²) >= 11 is 4.30. The predicted octanol–water partition coefficient (Wildman–Crippen LogP) is 2.53. The van der Waals surface area contributed by atoms with Crippen molar-refractivity contribution in [2.24, 2.45) is 0 Å².